The van der Waals surface area contributed by atoms with Gasteiger partial charge in [-0.3, -0.25) is 0 Å². The highest BCUT2D eigenvalue weighted by atomic mass is 35.5. The highest BCUT2D eigenvalue weighted by Gasteiger charge is 2.21. The molecule has 0 aliphatic carbocycles. The molecule has 0 spiro atoms. The largest absolute Gasteiger partial charge is 0.338 e. The van der Waals surface area contributed by atoms with Crippen molar-refractivity contribution in [2.24, 2.45) is 7.05 Å². The molecule has 0 saturated heterocycles. The topological polar surface area (TPSA) is 7.12 Å². The molecule has 2 aromatic rings. The number of halogens is 1. The van der Waals surface area contributed by atoms with Crippen LogP contribution in [0.3, 0.4) is 0 Å². The number of thioether (sulfide) groups is 1. The van der Waals surface area contributed by atoms with Crippen molar-refractivity contribution < 1.29 is 4.57 Å². The van der Waals surface area contributed by atoms with Crippen LogP contribution in [-0.4, -0.2) is 7.05 Å². The number of pyridine rings is 1. The molecule has 4 heteroatoms. The van der Waals surface area contributed by atoms with E-state index in [1.807, 2.05) is 23.7 Å². The minimum absolute atomic E-state index is 0.785. The van der Waals surface area contributed by atoms with Crippen LogP contribution in [-0.2, 0) is 7.05 Å². The van der Waals surface area contributed by atoms with Crippen LogP contribution in [0.2, 0.25) is 5.02 Å². The van der Waals surface area contributed by atoms with Gasteiger partial charge in [0, 0.05) is 29.1 Å². The molecule has 0 unspecified atom stereocenters. The van der Waals surface area contributed by atoms with E-state index in [4.69, 9.17) is 11.6 Å². The first-order chi connectivity index (χ1) is 9.13. The summed E-state index contributed by atoms with van der Waals surface area (Å²) in [5.41, 5.74) is 2.41. The minimum Gasteiger partial charge on any atom is -0.338 e. The molecular weight excluding hydrogens is 276 g/mol. The number of nitrogens with zero attached hydrogens (tertiary/aromatic N) is 2. The molecule has 2 nitrogen and oxygen atoms in total. The standard InChI is InChI=1S/C15H14ClN2S/c1-17-7-5-11(6-8-17)9-15-18(2)13-4-3-12(16)10-14(13)19-15/h3-10H,1-2H3/q+1. The molecule has 0 atom stereocenters. The average Bonchev–Trinajstić information content (AvgIpc) is 2.68. The summed E-state index contributed by atoms with van der Waals surface area (Å²) in [4.78, 5) is 3.41. The molecule has 19 heavy (non-hydrogen) atoms. The van der Waals surface area contributed by atoms with Gasteiger partial charge in [0.1, 0.15) is 7.05 Å². The van der Waals surface area contributed by atoms with Crippen LogP contribution in [0.1, 0.15) is 5.56 Å². The molecule has 96 valence electrons. The Morgan fingerprint density at radius 2 is 1.95 bits per heavy atom. The summed E-state index contributed by atoms with van der Waals surface area (Å²) in [5.74, 6) is 0. The maximum absolute atomic E-state index is 6.04. The van der Waals surface area contributed by atoms with Gasteiger partial charge in [-0.25, -0.2) is 4.57 Å². The number of rotatable bonds is 1. The van der Waals surface area contributed by atoms with Crippen molar-refractivity contribution in [3.8, 4) is 0 Å². The molecule has 0 amide bonds. The SMILES string of the molecule is CN1/C(=C/c2cc[n+](C)cc2)Sc2cc(Cl)ccc21. The predicted octanol–water partition coefficient (Wildman–Crippen LogP) is 3.71. The summed E-state index contributed by atoms with van der Waals surface area (Å²) in [6.45, 7) is 0. The van der Waals surface area contributed by atoms with E-state index in [0.717, 1.165) is 5.02 Å². The summed E-state index contributed by atoms with van der Waals surface area (Å²) >= 11 is 7.80. The summed E-state index contributed by atoms with van der Waals surface area (Å²) in [7, 11) is 4.10. The molecule has 1 aromatic carbocycles. The van der Waals surface area contributed by atoms with E-state index >= 15 is 0 Å². The van der Waals surface area contributed by atoms with Gasteiger partial charge in [0.05, 0.1) is 10.7 Å². The van der Waals surface area contributed by atoms with Crippen LogP contribution in [0.15, 0.2) is 52.7 Å². The Morgan fingerprint density at radius 1 is 1.21 bits per heavy atom. The number of anilines is 1. The van der Waals surface area contributed by atoms with Crippen molar-refractivity contribution in [2.75, 3.05) is 11.9 Å². The maximum atomic E-state index is 6.04. The smallest absolute Gasteiger partial charge is 0.169 e. The van der Waals surface area contributed by atoms with E-state index in [1.54, 1.807) is 11.8 Å². The molecule has 0 radical (unpaired) electrons. The van der Waals surface area contributed by atoms with Crippen LogP contribution in [0.4, 0.5) is 5.69 Å². The summed E-state index contributed by atoms with van der Waals surface area (Å²) < 4.78 is 2.03. The van der Waals surface area contributed by atoms with Gasteiger partial charge in [-0.1, -0.05) is 23.4 Å². The fourth-order valence-corrected chi connectivity index (χ4v) is 3.41. The second-order valence-electron chi connectivity index (χ2n) is 4.55. The van der Waals surface area contributed by atoms with Crippen molar-refractivity contribution in [1.82, 2.24) is 0 Å². The van der Waals surface area contributed by atoms with Crippen LogP contribution in [0.5, 0.6) is 0 Å². The van der Waals surface area contributed by atoms with Gasteiger partial charge in [0.15, 0.2) is 12.4 Å². The number of aryl methyl sites for hydroxylation is 1. The van der Waals surface area contributed by atoms with Crippen LogP contribution in [0, 0.1) is 0 Å². The molecule has 0 bridgehead atoms. The Morgan fingerprint density at radius 3 is 2.68 bits per heavy atom. The minimum atomic E-state index is 0.785. The summed E-state index contributed by atoms with van der Waals surface area (Å²) in [5, 5.41) is 2.00. The molecule has 0 N–H and O–H groups in total. The Hall–Kier alpha value is -1.45. The fourth-order valence-electron chi connectivity index (χ4n) is 2.02. The monoisotopic (exact) mass is 289 g/mol. The predicted molar refractivity (Wildman–Crippen MR) is 81.3 cm³/mol. The molecule has 1 aliphatic heterocycles. The van der Waals surface area contributed by atoms with Gasteiger partial charge in [-0.15, -0.1) is 0 Å². The number of hydrogen-bond acceptors (Lipinski definition) is 2. The second kappa shape index (κ2) is 4.91. The zero-order valence-electron chi connectivity index (χ0n) is 10.8. The second-order valence-corrected chi connectivity index (χ2v) is 6.05. The van der Waals surface area contributed by atoms with Gasteiger partial charge < -0.3 is 4.90 Å². The number of benzene rings is 1. The third-order valence-corrected chi connectivity index (χ3v) is 4.51. The van der Waals surface area contributed by atoms with E-state index < -0.39 is 0 Å². The van der Waals surface area contributed by atoms with Gasteiger partial charge in [0.25, 0.3) is 0 Å². The Kier molecular flexibility index (Phi) is 3.25. The van der Waals surface area contributed by atoms with Crippen LogP contribution in [0.25, 0.3) is 6.08 Å². The van der Waals surface area contributed by atoms with Gasteiger partial charge in [0.2, 0.25) is 0 Å². The third-order valence-electron chi connectivity index (χ3n) is 3.12. The lowest BCUT2D eigenvalue weighted by Gasteiger charge is -2.13. The maximum Gasteiger partial charge on any atom is 0.169 e. The summed E-state index contributed by atoms with van der Waals surface area (Å²) in [6.07, 6.45) is 6.30. The molecular formula is C15H14ClN2S+. The van der Waals surface area contributed by atoms with Crippen molar-refractivity contribution in [3.05, 3.63) is 58.3 Å². The first kappa shape index (κ1) is 12.6. The van der Waals surface area contributed by atoms with Crippen molar-refractivity contribution in [1.29, 1.82) is 0 Å². The molecule has 0 saturated carbocycles. The Balaban J connectivity index is 1.94. The quantitative estimate of drug-likeness (QED) is 0.739. The fraction of sp³-hybridized carbons (Fsp3) is 0.133. The van der Waals surface area contributed by atoms with Crippen molar-refractivity contribution in [3.63, 3.8) is 0 Å². The van der Waals surface area contributed by atoms with Gasteiger partial charge >= 0.3 is 0 Å². The lowest BCUT2D eigenvalue weighted by Crippen LogP contribution is -2.25. The molecule has 3 rings (SSSR count). The molecule has 1 aromatic heterocycles. The average molecular weight is 290 g/mol. The summed E-state index contributed by atoms with van der Waals surface area (Å²) in [6, 6.07) is 10.2. The first-order valence-corrected chi connectivity index (χ1v) is 7.21. The number of aromatic nitrogens is 1. The molecule has 2 heterocycles. The van der Waals surface area contributed by atoms with Crippen molar-refractivity contribution >= 4 is 35.1 Å². The van der Waals surface area contributed by atoms with Crippen LogP contribution < -0.4 is 9.47 Å². The lowest BCUT2D eigenvalue weighted by molar-refractivity contribution is -0.671. The zero-order chi connectivity index (χ0) is 13.4. The highest BCUT2D eigenvalue weighted by Crippen LogP contribution is 2.46. The van der Waals surface area contributed by atoms with Gasteiger partial charge in [-0.05, 0) is 29.8 Å². The van der Waals surface area contributed by atoms with E-state index in [0.29, 0.717) is 0 Å². The molecule has 0 fully saturated rings. The first-order valence-electron chi connectivity index (χ1n) is 6.01. The van der Waals surface area contributed by atoms with Crippen molar-refractivity contribution in [2.45, 2.75) is 4.90 Å². The van der Waals surface area contributed by atoms with E-state index in [-0.39, 0.29) is 0 Å². The highest BCUT2D eigenvalue weighted by molar-refractivity contribution is 8.03. The number of hydrogen-bond donors (Lipinski definition) is 0. The zero-order valence-corrected chi connectivity index (χ0v) is 12.4. The van der Waals surface area contributed by atoms with E-state index in [2.05, 4.69) is 48.6 Å². The Bertz CT molecular complexity index is 650. The van der Waals surface area contributed by atoms with Gasteiger partial charge in [-0.2, -0.15) is 0 Å². The third kappa shape index (κ3) is 2.48. The van der Waals surface area contributed by atoms with E-state index in [9.17, 15) is 0 Å². The Labute approximate surface area is 122 Å². The lowest BCUT2D eigenvalue weighted by atomic mass is 10.2. The normalized spacial score (nSPS) is 15.9. The van der Waals surface area contributed by atoms with E-state index in [1.165, 1.54) is 21.2 Å². The number of fused-ring (bicyclic) bond motifs is 1. The molecule has 1 aliphatic rings. The van der Waals surface area contributed by atoms with Crippen LogP contribution >= 0.6 is 23.4 Å².